The summed E-state index contributed by atoms with van der Waals surface area (Å²) >= 11 is 0. The summed E-state index contributed by atoms with van der Waals surface area (Å²) in [5.74, 6) is 0. The minimum atomic E-state index is 0.331. The summed E-state index contributed by atoms with van der Waals surface area (Å²) < 4.78 is 0. The summed E-state index contributed by atoms with van der Waals surface area (Å²) in [6, 6.07) is 0.389. The highest BCUT2D eigenvalue weighted by Gasteiger charge is 2.36. The van der Waals surface area contributed by atoms with Crippen molar-refractivity contribution in [1.29, 1.82) is 0 Å². The van der Waals surface area contributed by atoms with Gasteiger partial charge in [0.2, 0.25) is 0 Å². The smallest absolute Gasteiger partial charge is 0.0157 e. The first-order chi connectivity index (χ1) is 6.08. The van der Waals surface area contributed by atoms with Crippen LogP contribution in [0.15, 0.2) is 12.7 Å². The van der Waals surface area contributed by atoms with Crippen LogP contribution in [-0.2, 0) is 0 Å². The lowest BCUT2D eigenvalue weighted by atomic mass is 9.85. The summed E-state index contributed by atoms with van der Waals surface area (Å²) in [5.41, 5.74) is 6.44. The molecule has 0 amide bonds. The van der Waals surface area contributed by atoms with Crippen molar-refractivity contribution < 1.29 is 0 Å². The van der Waals surface area contributed by atoms with E-state index in [-0.39, 0.29) is 0 Å². The summed E-state index contributed by atoms with van der Waals surface area (Å²) in [6.45, 7) is 8.11. The highest BCUT2D eigenvalue weighted by Crippen LogP contribution is 2.36. The van der Waals surface area contributed by atoms with Gasteiger partial charge in [0.25, 0.3) is 0 Å². The zero-order valence-corrected chi connectivity index (χ0v) is 8.92. The van der Waals surface area contributed by atoms with Crippen LogP contribution in [0.2, 0.25) is 0 Å². The van der Waals surface area contributed by atoms with Crippen LogP contribution in [0.4, 0.5) is 0 Å². The first-order valence-corrected chi connectivity index (χ1v) is 5.13. The van der Waals surface area contributed by atoms with E-state index in [1.165, 1.54) is 19.3 Å². The molecular weight excluding hydrogens is 160 g/mol. The Hall–Kier alpha value is -0.340. The van der Waals surface area contributed by atoms with Crippen molar-refractivity contribution >= 4 is 0 Å². The summed E-state index contributed by atoms with van der Waals surface area (Å²) in [4.78, 5) is 2.30. The molecule has 0 aliphatic heterocycles. The third-order valence-corrected chi connectivity index (χ3v) is 3.23. The Bertz CT molecular complexity index is 179. The Morgan fingerprint density at radius 2 is 2.38 bits per heavy atom. The molecule has 0 aromatic rings. The number of hydrogen-bond acceptors (Lipinski definition) is 2. The summed E-state index contributed by atoms with van der Waals surface area (Å²) in [7, 11) is 2.14. The van der Waals surface area contributed by atoms with Crippen LogP contribution in [0.3, 0.4) is 0 Å². The molecular formula is C11H22N2. The summed E-state index contributed by atoms with van der Waals surface area (Å²) in [6.07, 6.45) is 5.71. The van der Waals surface area contributed by atoms with E-state index >= 15 is 0 Å². The molecule has 1 saturated carbocycles. The molecule has 76 valence electrons. The van der Waals surface area contributed by atoms with Gasteiger partial charge >= 0.3 is 0 Å². The third-order valence-electron chi connectivity index (χ3n) is 3.23. The van der Waals surface area contributed by atoms with E-state index in [0.717, 1.165) is 13.1 Å². The van der Waals surface area contributed by atoms with E-state index < -0.39 is 0 Å². The number of hydrogen-bond donors (Lipinski definition) is 1. The van der Waals surface area contributed by atoms with Crippen LogP contribution in [0.25, 0.3) is 0 Å². The molecule has 0 spiro atoms. The Morgan fingerprint density at radius 1 is 1.69 bits per heavy atom. The molecule has 0 radical (unpaired) electrons. The van der Waals surface area contributed by atoms with Crippen molar-refractivity contribution in [3.8, 4) is 0 Å². The van der Waals surface area contributed by atoms with Crippen molar-refractivity contribution in [2.75, 3.05) is 20.1 Å². The lowest BCUT2D eigenvalue weighted by Crippen LogP contribution is -2.43. The van der Waals surface area contributed by atoms with E-state index in [4.69, 9.17) is 5.73 Å². The number of nitrogens with zero attached hydrogens (tertiary/aromatic N) is 1. The van der Waals surface area contributed by atoms with E-state index in [0.29, 0.717) is 11.5 Å². The maximum Gasteiger partial charge on any atom is 0.0157 e. The Balaban J connectivity index is 2.45. The fourth-order valence-electron chi connectivity index (χ4n) is 2.36. The SMILES string of the molecule is C=CCN(C)CC1(C)CCCC1N. The maximum atomic E-state index is 6.11. The highest BCUT2D eigenvalue weighted by molar-refractivity contribution is 4.93. The molecule has 13 heavy (non-hydrogen) atoms. The highest BCUT2D eigenvalue weighted by atomic mass is 15.1. The van der Waals surface area contributed by atoms with E-state index in [1.807, 2.05) is 6.08 Å². The molecule has 2 N–H and O–H groups in total. The Morgan fingerprint density at radius 3 is 2.85 bits per heavy atom. The molecule has 0 bridgehead atoms. The number of likely N-dealkylation sites (N-methyl/N-ethyl adjacent to an activating group) is 1. The third kappa shape index (κ3) is 2.55. The molecule has 2 atom stereocenters. The van der Waals surface area contributed by atoms with Gasteiger partial charge in [0, 0.05) is 19.1 Å². The number of rotatable bonds is 4. The minimum Gasteiger partial charge on any atom is -0.327 e. The number of nitrogens with two attached hydrogens (primary N) is 1. The van der Waals surface area contributed by atoms with Crippen molar-refractivity contribution in [2.24, 2.45) is 11.1 Å². The Kier molecular flexibility index (Phi) is 3.51. The first-order valence-electron chi connectivity index (χ1n) is 5.13. The maximum absolute atomic E-state index is 6.11. The van der Waals surface area contributed by atoms with Gasteiger partial charge in [-0.25, -0.2) is 0 Å². The fourth-order valence-corrected chi connectivity index (χ4v) is 2.36. The van der Waals surface area contributed by atoms with Gasteiger partial charge in [-0.05, 0) is 25.3 Å². The Labute approximate surface area is 81.8 Å². The molecule has 0 aromatic heterocycles. The first kappa shape index (κ1) is 10.7. The minimum absolute atomic E-state index is 0.331. The lowest BCUT2D eigenvalue weighted by Gasteiger charge is -2.33. The molecule has 2 nitrogen and oxygen atoms in total. The van der Waals surface area contributed by atoms with Gasteiger partial charge in [0.15, 0.2) is 0 Å². The van der Waals surface area contributed by atoms with Gasteiger partial charge < -0.3 is 10.6 Å². The van der Waals surface area contributed by atoms with E-state index in [9.17, 15) is 0 Å². The molecule has 0 saturated heterocycles. The van der Waals surface area contributed by atoms with Crippen LogP contribution in [0.5, 0.6) is 0 Å². The fraction of sp³-hybridized carbons (Fsp3) is 0.818. The normalized spacial score (nSPS) is 34.0. The summed E-state index contributed by atoms with van der Waals surface area (Å²) in [5, 5.41) is 0. The molecule has 2 heteroatoms. The van der Waals surface area contributed by atoms with Gasteiger partial charge in [0.05, 0.1) is 0 Å². The van der Waals surface area contributed by atoms with Gasteiger partial charge in [0.1, 0.15) is 0 Å². The molecule has 2 unspecified atom stereocenters. The molecule has 1 rings (SSSR count). The van der Waals surface area contributed by atoms with Crippen LogP contribution in [0.1, 0.15) is 26.2 Å². The molecule has 0 aromatic carbocycles. The van der Waals surface area contributed by atoms with E-state index in [2.05, 4.69) is 25.5 Å². The predicted octanol–water partition coefficient (Wildman–Crippen LogP) is 1.62. The van der Waals surface area contributed by atoms with Gasteiger partial charge in [-0.3, -0.25) is 0 Å². The molecule has 1 aliphatic rings. The second-order valence-electron chi connectivity index (χ2n) is 4.64. The predicted molar refractivity (Wildman–Crippen MR) is 57.6 cm³/mol. The van der Waals surface area contributed by atoms with Crippen LogP contribution in [0, 0.1) is 5.41 Å². The van der Waals surface area contributed by atoms with Crippen molar-refractivity contribution in [3.05, 3.63) is 12.7 Å². The van der Waals surface area contributed by atoms with E-state index in [1.54, 1.807) is 0 Å². The van der Waals surface area contributed by atoms with Crippen LogP contribution >= 0.6 is 0 Å². The zero-order chi connectivity index (χ0) is 9.90. The molecule has 0 heterocycles. The quantitative estimate of drug-likeness (QED) is 0.669. The average molecular weight is 182 g/mol. The molecule has 1 fully saturated rings. The van der Waals surface area contributed by atoms with Crippen molar-refractivity contribution in [1.82, 2.24) is 4.90 Å². The van der Waals surface area contributed by atoms with Gasteiger partial charge in [-0.15, -0.1) is 6.58 Å². The van der Waals surface area contributed by atoms with Gasteiger partial charge in [-0.1, -0.05) is 19.4 Å². The van der Waals surface area contributed by atoms with Crippen LogP contribution in [-0.4, -0.2) is 31.1 Å². The standard InChI is InChI=1S/C11H22N2/c1-4-8-13(3)9-11(2)7-5-6-10(11)12/h4,10H,1,5-9,12H2,2-3H3. The van der Waals surface area contributed by atoms with Gasteiger partial charge in [-0.2, -0.15) is 0 Å². The monoisotopic (exact) mass is 182 g/mol. The second-order valence-corrected chi connectivity index (χ2v) is 4.64. The van der Waals surface area contributed by atoms with Crippen molar-refractivity contribution in [3.63, 3.8) is 0 Å². The largest absolute Gasteiger partial charge is 0.327 e. The average Bonchev–Trinajstić information content (AvgIpc) is 2.32. The topological polar surface area (TPSA) is 29.3 Å². The second kappa shape index (κ2) is 4.25. The zero-order valence-electron chi connectivity index (χ0n) is 8.92. The van der Waals surface area contributed by atoms with Crippen molar-refractivity contribution in [2.45, 2.75) is 32.2 Å². The van der Waals surface area contributed by atoms with Crippen LogP contribution < -0.4 is 5.73 Å². The molecule has 1 aliphatic carbocycles. The lowest BCUT2D eigenvalue weighted by molar-refractivity contribution is 0.189.